The van der Waals surface area contributed by atoms with Gasteiger partial charge in [-0.25, -0.2) is 0 Å². The van der Waals surface area contributed by atoms with Crippen LogP contribution in [0.5, 0.6) is 5.75 Å². The molecule has 1 aromatic carbocycles. The highest BCUT2D eigenvalue weighted by Gasteiger charge is 2.46. The summed E-state index contributed by atoms with van der Waals surface area (Å²) in [7, 11) is 0. The van der Waals surface area contributed by atoms with E-state index in [0.29, 0.717) is 23.5 Å². The van der Waals surface area contributed by atoms with Crippen LogP contribution >= 0.6 is 0 Å². The topological polar surface area (TPSA) is 55.6 Å². The molecule has 1 aliphatic heterocycles. The fraction of sp³-hybridized carbons (Fsp3) is 0.600. The van der Waals surface area contributed by atoms with Gasteiger partial charge in [0.15, 0.2) is 5.75 Å². The third-order valence-corrected chi connectivity index (χ3v) is 4.42. The number of ether oxygens (including phenoxy) is 1. The van der Waals surface area contributed by atoms with Crippen LogP contribution in [0.15, 0.2) is 18.2 Å². The van der Waals surface area contributed by atoms with Crippen LogP contribution in [0.4, 0.5) is 11.4 Å². The van der Waals surface area contributed by atoms with Gasteiger partial charge in [0.25, 0.3) is 0 Å². The van der Waals surface area contributed by atoms with Crippen molar-refractivity contribution in [3.05, 3.63) is 28.3 Å². The Morgan fingerprint density at radius 1 is 1.40 bits per heavy atom. The molecule has 1 saturated heterocycles. The second-order valence-electron chi connectivity index (χ2n) is 5.84. The van der Waals surface area contributed by atoms with E-state index in [0.717, 1.165) is 19.5 Å². The summed E-state index contributed by atoms with van der Waals surface area (Å²) >= 11 is 0. The van der Waals surface area contributed by atoms with Gasteiger partial charge in [-0.2, -0.15) is 0 Å². The summed E-state index contributed by atoms with van der Waals surface area (Å²) < 4.78 is 5.43. The molecule has 0 atom stereocenters. The summed E-state index contributed by atoms with van der Waals surface area (Å²) in [6.45, 7) is 4.13. The third kappa shape index (κ3) is 2.32. The summed E-state index contributed by atoms with van der Waals surface area (Å²) in [5.74, 6) is 0.380. The Labute approximate surface area is 118 Å². The van der Waals surface area contributed by atoms with Gasteiger partial charge in [0.05, 0.1) is 11.5 Å². The minimum absolute atomic E-state index is 0.118. The molecule has 3 rings (SSSR count). The molecule has 2 fully saturated rings. The number of benzene rings is 1. The van der Waals surface area contributed by atoms with Gasteiger partial charge in [0.2, 0.25) is 0 Å². The number of para-hydroxylation sites is 1. The summed E-state index contributed by atoms with van der Waals surface area (Å²) in [5, 5.41) is 11.4. The molecule has 0 bridgehead atoms. The number of rotatable bonds is 4. The number of anilines is 1. The van der Waals surface area contributed by atoms with Crippen LogP contribution in [0.3, 0.4) is 0 Å². The fourth-order valence-electron chi connectivity index (χ4n) is 3.22. The van der Waals surface area contributed by atoms with E-state index < -0.39 is 0 Å². The van der Waals surface area contributed by atoms with Crippen molar-refractivity contribution in [3.8, 4) is 5.75 Å². The maximum absolute atomic E-state index is 11.4. The van der Waals surface area contributed by atoms with E-state index in [1.165, 1.54) is 19.3 Å². The van der Waals surface area contributed by atoms with E-state index in [9.17, 15) is 10.1 Å². The largest absolute Gasteiger partial charge is 0.487 e. The minimum Gasteiger partial charge on any atom is -0.487 e. The molecule has 108 valence electrons. The van der Waals surface area contributed by atoms with Crippen LogP contribution < -0.4 is 9.64 Å². The van der Waals surface area contributed by atoms with E-state index in [1.807, 2.05) is 19.1 Å². The van der Waals surface area contributed by atoms with Crippen LogP contribution in [-0.2, 0) is 0 Å². The van der Waals surface area contributed by atoms with Gasteiger partial charge in [-0.05, 0) is 50.2 Å². The zero-order valence-corrected chi connectivity index (χ0v) is 11.8. The quantitative estimate of drug-likeness (QED) is 0.625. The van der Waals surface area contributed by atoms with Crippen molar-refractivity contribution < 1.29 is 9.66 Å². The Morgan fingerprint density at radius 2 is 2.20 bits per heavy atom. The van der Waals surface area contributed by atoms with Crippen molar-refractivity contribution in [2.75, 3.05) is 24.6 Å². The maximum atomic E-state index is 11.4. The van der Waals surface area contributed by atoms with Gasteiger partial charge in [-0.1, -0.05) is 6.07 Å². The average molecular weight is 276 g/mol. The molecule has 20 heavy (non-hydrogen) atoms. The lowest BCUT2D eigenvalue weighted by atomic mass is 9.94. The number of piperidine rings is 1. The SMILES string of the molecule is CCOc1cccc(N2CCCC3(CC3)C2)c1[N+](=O)[O-]. The van der Waals surface area contributed by atoms with E-state index in [1.54, 1.807) is 6.07 Å². The van der Waals surface area contributed by atoms with Gasteiger partial charge < -0.3 is 9.64 Å². The lowest BCUT2D eigenvalue weighted by Gasteiger charge is -2.34. The minimum atomic E-state index is -0.311. The first-order valence-corrected chi connectivity index (χ1v) is 7.30. The molecule has 1 saturated carbocycles. The van der Waals surface area contributed by atoms with Gasteiger partial charge in [-0.15, -0.1) is 0 Å². The first-order chi connectivity index (χ1) is 9.65. The van der Waals surface area contributed by atoms with Gasteiger partial charge in [-0.3, -0.25) is 10.1 Å². The molecule has 0 aromatic heterocycles. The van der Waals surface area contributed by atoms with Gasteiger partial charge >= 0.3 is 5.69 Å². The van der Waals surface area contributed by atoms with Crippen LogP contribution in [0, 0.1) is 15.5 Å². The zero-order chi connectivity index (χ0) is 14.2. The molecule has 1 heterocycles. The molecule has 1 spiro atoms. The van der Waals surface area contributed by atoms with Crippen molar-refractivity contribution in [3.63, 3.8) is 0 Å². The highest BCUT2D eigenvalue weighted by atomic mass is 16.6. The Hall–Kier alpha value is -1.78. The first kappa shape index (κ1) is 13.2. The van der Waals surface area contributed by atoms with Crippen molar-refractivity contribution in [1.82, 2.24) is 0 Å². The van der Waals surface area contributed by atoms with E-state index in [2.05, 4.69) is 4.90 Å². The highest BCUT2D eigenvalue weighted by Crippen LogP contribution is 2.53. The zero-order valence-electron chi connectivity index (χ0n) is 11.8. The van der Waals surface area contributed by atoms with Crippen molar-refractivity contribution >= 4 is 11.4 Å². The normalized spacial score (nSPS) is 19.9. The molecule has 0 amide bonds. The monoisotopic (exact) mass is 276 g/mol. The molecular formula is C15H20N2O3. The number of hydrogen-bond acceptors (Lipinski definition) is 4. The van der Waals surface area contributed by atoms with Gasteiger partial charge in [0.1, 0.15) is 5.69 Å². The van der Waals surface area contributed by atoms with E-state index >= 15 is 0 Å². The molecule has 1 aromatic rings. The Balaban J connectivity index is 1.95. The Morgan fingerprint density at radius 3 is 2.85 bits per heavy atom. The van der Waals surface area contributed by atoms with E-state index in [-0.39, 0.29) is 10.6 Å². The summed E-state index contributed by atoms with van der Waals surface area (Å²) in [4.78, 5) is 13.3. The van der Waals surface area contributed by atoms with E-state index in [4.69, 9.17) is 4.74 Å². The van der Waals surface area contributed by atoms with Crippen LogP contribution in [0.1, 0.15) is 32.6 Å². The lowest BCUT2D eigenvalue weighted by Crippen LogP contribution is -2.36. The second kappa shape index (κ2) is 4.96. The second-order valence-corrected chi connectivity index (χ2v) is 5.84. The predicted octanol–water partition coefficient (Wildman–Crippen LogP) is 3.37. The smallest absolute Gasteiger partial charge is 0.333 e. The summed E-state index contributed by atoms with van der Waals surface area (Å²) in [5.41, 5.74) is 1.27. The standard InChI is InChI=1S/C15H20N2O3/c1-2-20-13-6-3-5-12(14(13)17(18)19)16-10-4-7-15(11-16)8-9-15/h3,5-6H,2,4,7-11H2,1H3. The highest BCUT2D eigenvalue weighted by molar-refractivity contribution is 5.70. The number of hydrogen-bond donors (Lipinski definition) is 0. The number of nitro groups is 1. The van der Waals surface area contributed by atoms with Crippen molar-refractivity contribution in [1.29, 1.82) is 0 Å². The Kier molecular flexibility index (Phi) is 3.28. The van der Waals surface area contributed by atoms with Crippen LogP contribution in [0.2, 0.25) is 0 Å². The average Bonchev–Trinajstić information content (AvgIpc) is 3.17. The molecule has 0 N–H and O–H groups in total. The fourth-order valence-corrected chi connectivity index (χ4v) is 3.22. The van der Waals surface area contributed by atoms with Crippen molar-refractivity contribution in [2.45, 2.75) is 32.6 Å². The predicted molar refractivity (Wildman–Crippen MR) is 77.4 cm³/mol. The molecule has 0 radical (unpaired) electrons. The first-order valence-electron chi connectivity index (χ1n) is 7.30. The maximum Gasteiger partial charge on any atom is 0.333 e. The summed E-state index contributed by atoms with van der Waals surface area (Å²) in [6, 6.07) is 5.38. The molecule has 5 heteroatoms. The molecule has 1 aliphatic carbocycles. The van der Waals surface area contributed by atoms with Crippen LogP contribution in [0.25, 0.3) is 0 Å². The Bertz CT molecular complexity index is 526. The molecular weight excluding hydrogens is 256 g/mol. The molecule has 5 nitrogen and oxygen atoms in total. The summed E-state index contributed by atoms with van der Waals surface area (Å²) in [6.07, 6.45) is 4.92. The number of nitrogens with zero attached hydrogens (tertiary/aromatic N) is 2. The number of nitro benzene ring substituents is 1. The third-order valence-electron chi connectivity index (χ3n) is 4.42. The van der Waals surface area contributed by atoms with Crippen LogP contribution in [-0.4, -0.2) is 24.6 Å². The molecule has 2 aliphatic rings. The van der Waals surface area contributed by atoms with Gasteiger partial charge in [0, 0.05) is 13.1 Å². The van der Waals surface area contributed by atoms with Crippen molar-refractivity contribution in [2.24, 2.45) is 5.41 Å². The molecule has 0 unspecified atom stereocenters. The lowest BCUT2D eigenvalue weighted by molar-refractivity contribution is -0.385.